The molecule has 0 aliphatic rings. The lowest BCUT2D eigenvalue weighted by molar-refractivity contribution is 1.11. The molecule has 0 amide bonds. The van der Waals surface area contributed by atoms with Crippen LogP contribution in [-0.4, -0.2) is 9.55 Å². The highest BCUT2D eigenvalue weighted by atomic mass is 79.9. The van der Waals surface area contributed by atoms with Gasteiger partial charge in [0.15, 0.2) is 0 Å². The number of hydrogen-bond acceptors (Lipinski definition) is 1. The van der Waals surface area contributed by atoms with Crippen LogP contribution in [0.4, 0.5) is 0 Å². The Hall–Kier alpha value is -2.91. The Morgan fingerprint density at radius 1 is 0.778 bits per heavy atom. The summed E-state index contributed by atoms with van der Waals surface area (Å²) < 4.78 is 3.37. The zero-order valence-electron chi connectivity index (χ0n) is 14.9. The highest BCUT2D eigenvalue weighted by Crippen LogP contribution is 2.34. The number of pyridine rings is 1. The van der Waals surface area contributed by atoms with Gasteiger partial charge in [-0.05, 0) is 36.8 Å². The van der Waals surface area contributed by atoms with E-state index in [9.17, 15) is 0 Å². The summed E-state index contributed by atoms with van der Waals surface area (Å²) in [5.74, 6) is 0. The van der Waals surface area contributed by atoms with Gasteiger partial charge in [0.2, 0.25) is 0 Å². The van der Waals surface area contributed by atoms with Gasteiger partial charge in [0, 0.05) is 26.5 Å². The molecule has 0 saturated heterocycles. The molecule has 2 nitrogen and oxygen atoms in total. The Morgan fingerprint density at radius 2 is 1.52 bits per heavy atom. The fraction of sp³-hybridized carbons (Fsp3) is 0.0417. The smallest absolute Gasteiger partial charge is 0.0651 e. The lowest BCUT2D eigenvalue weighted by Gasteiger charge is -2.12. The Labute approximate surface area is 166 Å². The molecule has 0 saturated carbocycles. The second-order valence-electron chi connectivity index (χ2n) is 6.71. The third-order valence-electron chi connectivity index (χ3n) is 5.05. The molecule has 0 aliphatic heterocycles. The predicted octanol–water partition coefficient (Wildman–Crippen LogP) is 6.92. The van der Waals surface area contributed by atoms with Crippen LogP contribution in [0.25, 0.3) is 38.6 Å². The molecule has 3 heteroatoms. The lowest BCUT2D eigenvalue weighted by Crippen LogP contribution is -1.97. The quantitative estimate of drug-likeness (QED) is 0.307. The van der Waals surface area contributed by atoms with E-state index in [0.29, 0.717) is 0 Å². The second-order valence-corrected chi connectivity index (χ2v) is 7.62. The molecule has 0 bridgehead atoms. The summed E-state index contributed by atoms with van der Waals surface area (Å²) >= 11 is 3.63. The molecule has 5 aromatic rings. The molecule has 0 atom stereocenters. The van der Waals surface area contributed by atoms with Crippen molar-refractivity contribution in [3.05, 3.63) is 95.2 Å². The van der Waals surface area contributed by atoms with Crippen molar-refractivity contribution in [2.45, 2.75) is 6.92 Å². The topological polar surface area (TPSA) is 17.8 Å². The van der Waals surface area contributed by atoms with Gasteiger partial charge in [-0.25, -0.2) is 0 Å². The lowest BCUT2D eigenvalue weighted by atomic mass is 10.0. The average Bonchev–Trinajstić information content (AvgIpc) is 3.02. The zero-order valence-corrected chi connectivity index (χ0v) is 16.4. The predicted molar refractivity (Wildman–Crippen MR) is 116 cm³/mol. The van der Waals surface area contributed by atoms with Crippen LogP contribution in [0.1, 0.15) is 5.69 Å². The molecule has 0 radical (unpaired) electrons. The van der Waals surface area contributed by atoms with Gasteiger partial charge in [0.1, 0.15) is 0 Å². The summed E-state index contributed by atoms with van der Waals surface area (Å²) in [5.41, 5.74) is 6.82. The zero-order chi connectivity index (χ0) is 18.4. The molecule has 0 fully saturated rings. The summed E-state index contributed by atoms with van der Waals surface area (Å²) in [7, 11) is 0. The van der Waals surface area contributed by atoms with Gasteiger partial charge in [-0.2, -0.15) is 0 Å². The number of fused-ring (bicyclic) bond motifs is 3. The molecule has 0 unspecified atom stereocenters. The van der Waals surface area contributed by atoms with Crippen LogP contribution in [0.2, 0.25) is 0 Å². The van der Waals surface area contributed by atoms with E-state index in [1.807, 2.05) is 12.3 Å². The highest BCUT2D eigenvalue weighted by molar-refractivity contribution is 9.10. The van der Waals surface area contributed by atoms with Gasteiger partial charge in [0.25, 0.3) is 0 Å². The van der Waals surface area contributed by atoms with Crippen molar-refractivity contribution in [2.75, 3.05) is 0 Å². The number of para-hydroxylation sites is 1. The van der Waals surface area contributed by atoms with Gasteiger partial charge in [0.05, 0.1) is 22.9 Å². The molecule has 0 aliphatic carbocycles. The van der Waals surface area contributed by atoms with Gasteiger partial charge >= 0.3 is 0 Å². The number of aromatic nitrogens is 2. The van der Waals surface area contributed by atoms with Gasteiger partial charge in [-0.15, -0.1) is 0 Å². The van der Waals surface area contributed by atoms with Crippen LogP contribution >= 0.6 is 15.9 Å². The second kappa shape index (κ2) is 6.36. The normalized spacial score (nSPS) is 11.3. The van der Waals surface area contributed by atoms with Crippen molar-refractivity contribution in [3.8, 4) is 16.8 Å². The third-order valence-corrected chi connectivity index (χ3v) is 5.54. The van der Waals surface area contributed by atoms with Crippen LogP contribution < -0.4 is 0 Å². The number of halogens is 1. The standard InChI is InChI=1S/C24H17BrN2/c1-16-22(17-7-3-2-4-8-17)14-19(15-26-16)27-23-10-6-5-9-20(23)21-12-11-18(25)13-24(21)27/h2-15H,1H3. The first-order valence-electron chi connectivity index (χ1n) is 8.93. The molecule has 27 heavy (non-hydrogen) atoms. The van der Waals surface area contributed by atoms with Crippen LogP contribution in [0, 0.1) is 6.92 Å². The molecule has 3 aromatic carbocycles. The number of nitrogens with zero attached hydrogens (tertiary/aromatic N) is 2. The molecular weight excluding hydrogens is 396 g/mol. The fourth-order valence-corrected chi connectivity index (χ4v) is 4.13. The van der Waals surface area contributed by atoms with Crippen LogP contribution in [0.5, 0.6) is 0 Å². The number of aryl methyl sites for hydroxylation is 1. The maximum atomic E-state index is 4.71. The minimum Gasteiger partial charge on any atom is -0.308 e. The molecule has 0 N–H and O–H groups in total. The van der Waals surface area contributed by atoms with E-state index in [1.165, 1.54) is 27.4 Å². The molecule has 5 rings (SSSR count). The summed E-state index contributed by atoms with van der Waals surface area (Å²) in [4.78, 5) is 4.71. The van der Waals surface area contributed by atoms with E-state index >= 15 is 0 Å². The SMILES string of the molecule is Cc1ncc(-n2c3ccccc3c3ccc(Br)cc32)cc1-c1ccccc1. The van der Waals surface area contributed by atoms with E-state index in [2.05, 4.69) is 100 Å². The molecule has 0 spiro atoms. The van der Waals surface area contributed by atoms with Gasteiger partial charge in [-0.3, -0.25) is 4.98 Å². The molecule has 2 aromatic heterocycles. The third kappa shape index (κ3) is 2.66. The molecular formula is C24H17BrN2. The highest BCUT2D eigenvalue weighted by Gasteiger charge is 2.14. The van der Waals surface area contributed by atoms with E-state index in [4.69, 9.17) is 4.98 Å². The van der Waals surface area contributed by atoms with Crippen LogP contribution in [-0.2, 0) is 0 Å². The monoisotopic (exact) mass is 412 g/mol. The Morgan fingerprint density at radius 3 is 2.37 bits per heavy atom. The fourth-order valence-electron chi connectivity index (χ4n) is 3.78. The van der Waals surface area contributed by atoms with E-state index in [1.54, 1.807) is 0 Å². The van der Waals surface area contributed by atoms with E-state index in [0.717, 1.165) is 21.4 Å². The van der Waals surface area contributed by atoms with Crippen molar-refractivity contribution >= 4 is 37.7 Å². The van der Waals surface area contributed by atoms with Crippen molar-refractivity contribution in [1.82, 2.24) is 9.55 Å². The number of rotatable bonds is 2. The van der Waals surface area contributed by atoms with Gasteiger partial charge < -0.3 is 4.57 Å². The maximum Gasteiger partial charge on any atom is 0.0651 e. The first-order valence-corrected chi connectivity index (χ1v) is 9.73. The molecule has 2 heterocycles. The minimum absolute atomic E-state index is 1.03. The van der Waals surface area contributed by atoms with Crippen molar-refractivity contribution in [2.24, 2.45) is 0 Å². The van der Waals surface area contributed by atoms with Crippen molar-refractivity contribution < 1.29 is 0 Å². The summed E-state index contributed by atoms with van der Waals surface area (Å²) in [6.07, 6.45) is 1.97. The number of hydrogen-bond donors (Lipinski definition) is 0. The maximum absolute atomic E-state index is 4.71. The van der Waals surface area contributed by atoms with E-state index in [-0.39, 0.29) is 0 Å². The van der Waals surface area contributed by atoms with Gasteiger partial charge in [-0.1, -0.05) is 70.5 Å². The van der Waals surface area contributed by atoms with Crippen molar-refractivity contribution in [3.63, 3.8) is 0 Å². The first kappa shape index (κ1) is 16.3. The first-order chi connectivity index (χ1) is 13.2. The largest absolute Gasteiger partial charge is 0.308 e. The summed E-state index contributed by atoms with van der Waals surface area (Å²) in [6, 6.07) is 27.7. The summed E-state index contributed by atoms with van der Waals surface area (Å²) in [5, 5.41) is 2.50. The van der Waals surface area contributed by atoms with Crippen LogP contribution in [0.15, 0.2) is 89.5 Å². The molecule has 130 valence electrons. The van der Waals surface area contributed by atoms with Crippen LogP contribution in [0.3, 0.4) is 0 Å². The Kier molecular flexibility index (Phi) is 3.83. The van der Waals surface area contributed by atoms with Crippen molar-refractivity contribution in [1.29, 1.82) is 0 Å². The average molecular weight is 413 g/mol. The Balaban J connectivity index is 1.85. The minimum atomic E-state index is 1.03. The van der Waals surface area contributed by atoms with E-state index < -0.39 is 0 Å². The summed E-state index contributed by atoms with van der Waals surface area (Å²) in [6.45, 7) is 2.06. The Bertz CT molecular complexity index is 1290. The number of benzene rings is 3.